The molecule has 106 valence electrons. The molecule has 0 radical (unpaired) electrons. The molecule has 0 spiro atoms. The molecule has 1 atom stereocenters. The Morgan fingerprint density at radius 2 is 1.65 bits per heavy atom. The second-order valence-corrected chi connectivity index (χ2v) is 5.50. The van der Waals surface area contributed by atoms with Crippen molar-refractivity contribution in [1.82, 2.24) is 0 Å². The molecule has 0 amide bonds. The van der Waals surface area contributed by atoms with Gasteiger partial charge in [0.05, 0.1) is 7.11 Å². The van der Waals surface area contributed by atoms with Gasteiger partial charge < -0.3 is 9.84 Å². The van der Waals surface area contributed by atoms with E-state index < -0.39 is 6.10 Å². The minimum atomic E-state index is -0.753. The molecule has 0 aliphatic heterocycles. The maximum Gasteiger partial charge on any atom is 0.122 e. The average molecular weight is 291 g/mol. The maximum atomic E-state index is 10.6. The summed E-state index contributed by atoms with van der Waals surface area (Å²) >= 11 is 6.26. The van der Waals surface area contributed by atoms with Crippen molar-refractivity contribution in [2.24, 2.45) is 0 Å². The van der Waals surface area contributed by atoms with Gasteiger partial charge in [-0.25, -0.2) is 0 Å². The fourth-order valence-corrected chi connectivity index (χ4v) is 2.52. The van der Waals surface area contributed by atoms with Crippen LogP contribution in [0.1, 0.15) is 33.9 Å². The summed E-state index contributed by atoms with van der Waals surface area (Å²) in [7, 11) is 1.63. The molecule has 20 heavy (non-hydrogen) atoms. The topological polar surface area (TPSA) is 29.5 Å². The monoisotopic (exact) mass is 290 g/mol. The van der Waals surface area contributed by atoms with Crippen molar-refractivity contribution in [2.45, 2.75) is 26.9 Å². The van der Waals surface area contributed by atoms with Gasteiger partial charge in [0, 0.05) is 10.6 Å². The fraction of sp³-hybridized carbons (Fsp3) is 0.294. The molecule has 0 aliphatic carbocycles. The highest BCUT2D eigenvalue weighted by Crippen LogP contribution is 2.32. The molecule has 0 saturated carbocycles. The SMILES string of the molecule is COc1cc(C(O)c2cc(C)c(C)cc2Cl)ccc1C. The van der Waals surface area contributed by atoms with Crippen molar-refractivity contribution < 1.29 is 9.84 Å². The van der Waals surface area contributed by atoms with E-state index in [9.17, 15) is 5.11 Å². The molecular weight excluding hydrogens is 272 g/mol. The van der Waals surface area contributed by atoms with E-state index in [2.05, 4.69) is 0 Å². The summed E-state index contributed by atoms with van der Waals surface area (Å²) in [5.74, 6) is 0.765. The first kappa shape index (κ1) is 14.9. The van der Waals surface area contributed by atoms with Gasteiger partial charge in [0.15, 0.2) is 0 Å². The van der Waals surface area contributed by atoms with Crippen molar-refractivity contribution in [1.29, 1.82) is 0 Å². The Balaban J connectivity index is 2.46. The number of hydrogen-bond donors (Lipinski definition) is 1. The lowest BCUT2D eigenvalue weighted by atomic mass is 9.97. The Bertz CT molecular complexity index is 635. The summed E-state index contributed by atoms with van der Waals surface area (Å²) in [6.07, 6.45) is -0.753. The molecule has 3 heteroatoms. The smallest absolute Gasteiger partial charge is 0.122 e. The van der Waals surface area contributed by atoms with E-state index >= 15 is 0 Å². The van der Waals surface area contributed by atoms with Crippen molar-refractivity contribution in [3.05, 3.63) is 63.2 Å². The van der Waals surface area contributed by atoms with Crippen LogP contribution in [0.5, 0.6) is 5.75 Å². The van der Waals surface area contributed by atoms with E-state index in [-0.39, 0.29) is 0 Å². The van der Waals surface area contributed by atoms with Crippen molar-refractivity contribution >= 4 is 11.6 Å². The Morgan fingerprint density at radius 1 is 1.00 bits per heavy atom. The molecule has 0 bridgehead atoms. The first-order valence-corrected chi connectivity index (χ1v) is 6.91. The zero-order chi connectivity index (χ0) is 14.9. The average Bonchev–Trinajstić information content (AvgIpc) is 2.42. The van der Waals surface area contributed by atoms with Crippen LogP contribution in [0, 0.1) is 20.8 Å². The van der Waals surface area contributed by atoms with Crippen LogP contribution in [0.3, 0.4) is 0 Å². The third-order valence-corrected chi connectivity index (χ3v) is 3.98. The number of aliphatic hydroxyl groups is 1. The molecule has 1 unspecified atom stereocenters. The summed E-state index contributed by atoms with van der Waals surface area (Å²) in [5.41, 5.74) is 4.77. The normalized spacial score (nSPS) is 12.3. The van der Waals surface area contributed by atoms with Crippen molar-refractivity contribution in [2.75, 3.05) is 7.11 Å². The molecular formula is C17H19ClO2. The van der Waals surface area contributed by atoms with Gasteiger partial charge >= 0.3 is 0 Å². The van der Waals surface area contributed by atoms with E-state index in [1.807, 2.05) is 51.1 Å². The van der Waals surface area contributed by atoms with Gasteiger partial charge in [0.1, 0.15) is 11.9 Å². The van der Waals surface area contributed by atoms with Gasteiger partial charge in [0.2, 0.25) is 0 Å². The number of halogens is 1. The highest BCUT2D eigenvalue weighted by molar-refractivity contribution is 6.31. The summed E-state index contributed by atoms with van der Waals surface area (Å²) in [4.78, 5) is 0. The van der Waals surface area contributed by atoms with Gasteiger partial charge in [-0.2, -0.15) is 0 Å². The minimum absolute atomic E-state index is 0.583. The summed E-state index contributed by atoms with van der Waals surface area (Å²) in [5, 5.41) is 11.1. The van der Waals surface area contributed by atoms with E-state index in [0.717, 1.165) is 33.6 Å². The molecule has 2 aromatic carbocycles. The summed E-state index contributed by atoms with van der Waals surface area (Å²) < 4.78 is 5.30. The van der Waals surface area contributed by atoms with E-state index in [4.69, 9.17) is 16.3 Å². The van der Waals surface area contributed by atoms with Gasteiger partial charge in [-0.05, 0) is 55.2 Å². The number of aryl methyl sites for hydroxylation is 3. The molecule has 1 N–H and O–H groups in total. The predicted molar refractivity (Wildman–Crippen MR) is 82.7 cm³/mol. The number of benzene rings is 2. The molecule has 2 rings (SSSR count). The van der Waals surface area contributed by atoms with Gasteiger partial charge in [-0.15, -0.1) is 0 Å². The first-order valence-electron chi connectivity index (χ1n) is 6.53. The van der Waals surface area contributed by atoms with Gasteiger partial charge in [-0.3, -0.25) is 0 Å². The highest BCUT2D eigenvalue weighted by Gasteiger charge is 2.16. The number of rotatable bonds is 3. The lowest BCUT2D eigenvalue weighted by Crippen LogP contribution is -2.03. The Labute approximate surface area is 125 Å². The first-order chi connectivity index (χ1) is 9.43. The van der Waals surface area contributed by atoms with Crippen LogP contribution in [0.4, 0.5) is 0 Å². The van der Waals surface area contributed by atoms with Crippen LogP contribution < -0.4 is 4.74 Å². The van der Waals surface area contributed by atoms with Crippen LogP contribution in [0.2, 0.25) is 5.02 Å². The Morgan fingerprint density at radius 3 is 2.30 bits per heavy atom. The molecule has 0 saturated heterocycles. The number of methoxy groups -OCH3 is 1. The molecule has 2 aromatic rings. The molecule has 0 aromatic heterocycles. The summed E-state index contributed by atoms with van der Waals surface area (Å²) in [6.45, 7) is 5.99. The van der Waals surface area contributed by atoms with Crippen LogP contribution in [-0.2, 0) is 0 Å². The van der Waals surface area contributed by atoms with Crippen LogP contribution in [0.25, 0.3) is 0 Å². The standard InChI is InChI=1S/C17H19ClO2/c1-10-5-6-13(9-16(10)20-4)17(19)14-7-11(2)12(3)8-15(14)18/h5-9,17,19H,1-4H3. The molecule has 0 fully saturated rings. The zero-order valence-corrected chi connectivity index (χ0v) is 13.0. The maximum absolute atomic E-state index is 10.6. The van der Waals surface area contributed by atoms with Crippen LogP contribution >= 0.6 is 11.6 Å². The van der Waals surface area contributed by atoms with Crippen molar-refractivity contribution in [3.8, 4) is 5.75 Å². The van der Waals surface area contributed by atoms with E-state index in [1.54, 1.807) is 7.11 Å². The van der Waals surface area contributed by atoms with Crippen LogP contribution in [0.15, 0.2) is 30.3 Å². The van der Waals surface area contributed by atoms with Crippen molar-refractivity contribution in [3.63, 3.8) is 0 Å². The third-order valence-electron chi connectivity index (χ3n) is 3.66. The Hall–Kier alpha value is -1.51. The minimum Gasteiger partial charge on any atom is -0.496 e. The second-order valence-electron chi connectivity index (χ2n) is 5.09. The highest BCUT2D eigenvalue weighted by atomic mass is 35.5. The molecule has 2 nitrogen and oxygen atoms in total. The molecule has 0 aliphatic rings. The van der Waals surface area contributed by atoms with Gasteiger partial charge in [-0.1, -0.05) is 29.8 Å². The summed E-state index contributed by atoms with van der Waals surface area (Å²) in [6, 6.07) is 9.52. The number of ether oxygens (including phenoxy) is 1. The Kier molecular flexibility index (Phi) is 4.36. The number of hydrogen-bond acceptors (Lipinski definition) is 2. The zero-order valence-electron chi connectivity index (χ0n) is 12.2. The quantitative estimate of drug-likeness (QED) is 0.910. The predicted octanol–water partition coefficient (Wildman–Crippen LogP) is 4.36. The van der Waals surface area contributed by atoms with Gasteiger partial charge in [0.25, 0.3) is 0 Å². The largest absolute Gasteiger partial charge is 0.496 e. The third kappa shape index (κ3) is 2.82. The van der Waals surface area contributed by atoms with E-state index in [1.165, 1.54) is 0 Å². The second kappa shape index (κ2) is 5.86. The molecule has 0 heterocycles. The van der Waals surface area contributed by atoms with Crippen LogP contribution in [-0.4, -0.2) is 12.2 Å². The lowest BCUT2D eigenvalue weighted by molar-refractivity contribution is 0.219. The fourth-order valence-electron chi connectivity index (χ4n) is 2.20. The lowest BCUT2D eigenvalue weighted by Gasteiger charge is -2.16. The number of aliphatic hydroxyl groups excluding tert-OH is 1. The van der Waals surface area contributed by atoms with E-state index in [0.29, 0.717) is 5.02 Å².